The van der Waals surface area contributed by atoms with Gasteiger partial charge < -0.3 is 10.2 Å². The van der Waals surface area contributed by atoms with Crippen LogP contribution in [0.3, 0.4) is 0 Å². The second kappa shape index (κ2) is 9.49. The van der Waals surface area contributed by atoms with E-state index in [4.69, 9.17) is 0 Å². The van der Waals surface area contributed by atoms with Crippen LogP contribution in [0.1, 0.15) is 53.0 Å². The first kappa shape index (κ1) is 20.1. The lowest BCUT2D eigenvalue weighted by Crippen LogP contribution is -2.47. The van der Waals surface area contributed by atoms with Crippen LogP contribution in [0.15, 0.2) is 41.8 Å². The highest BCUT2D eigenvalue weighted by Gasteiger charge is 2.26. The van der Waals surface area contributed by atoms with E-state index in [1.807, 2.05) is 5.38 Å². The van der Waals surface area contributed by atoms with Crippen molar-refractivity contribution < 1.29 is 4.79 Å². The molecule has 1 saturated heterocycles. The van der Waals surface area contributed by atoms with Gasteiger partial charge in [0.15, 0.2) is 0 Å². The van der Waals surface area contributed by atoms with Crippen LogP contribution in [0.5, 0.6) is 0 Å². The van der Waals surface area contributed by atoms with Gasteiger partial charge in [0.1, 0.15) is 0 Å². The molecule has 1 fully saturated rings. The van der Waals surface area contributed by atoms with Gasteiger partial charge in [-0.05, 0) is 42.0 Å². The molecule has 1 aliphatic heterocycles. The molecule has 4 nitrogen and oxygen atoms in total. The van der Waals surface area contributed by atoms with Crippen LogP contribution in [0.4, 0.5) is 0 Å². The number of nitrogens with one attached hydrogen (secondary N) is 1. The number of thiophene rings is 1. The summed E-state index contributed by atoms with van der Waals surface area (Å²) in [4.78, 5) is 18.3. The van der Waals surface area contributed by atoms with Crippen LogP contribution in [0.2, 0.25) is 0 Å². The Kier molecular flexibility index (Phi) is 7.05. The number of piperazine rings is 1. The summed E-state index contributed by atoms with van der Waals surface area (Å²) < 4.78 is 0. The van der Waals surface area contributed by atoms with Crippen molar-refractivity contribution in [3.8, 4) is 0 Å². The molecule has 3 rings (SSSR count). The average Bonchev–Trinajstić information content (AvgIpc) is 3.17. The van der Waals surface area contributed by atoms with Crippen LogP contribution < -0.4 is 5.32 Å². The number of nitrogens with zero attached hydrogens (tertiary/aromatic N) is 2. The first-order chi connectivity index (χ1) is 13.1. The molecule has 0 bridgehead atoms. The number of hydrogen-bond donors (Lipinski definition) is 1. The molecule has 0 saturated carbocycles. The molecule has 5 heteroatoms. The highest BCUT2D eigenvalue weighted by Crippen LogP contribution is 2.25. The maximum atomic E-state index is 12.5. The summed E-state index contributed by atoms with van der Waals surface area (Å²) in [5, 5.41) is 5.13. The number of hydrogen-bond acceptors (Lipinski definition) is 4. The largest absolute Gasteiger partial charge is 0.351 e. The first-order valence-electron chi connectivity index (χ1n) is 9.89. The van der Waals surface area contributed by atoms with Gasteiger partial charge in [-0.15, -0.1) is 11.3 Å². The van der Waals surface area contributed by atoms with Crippen molar-refractivity contribution in [1.29, 1.82) is 0 Å². The van der Waals surface area contributed by atoms with Crippen LogP contribution >= 0.6 is 11.3 Å². The molecule has 0 spiro atoms. The van der Waals surface area contributed by atoms with E-state index in [0.717, 1.165) is 49.6 Å². The zero-order valence-electron chi connectivity index (χ0n) is 16.6. The molecule has 1 unspecified atom stereocenters. The Bertz CT molecular complexity index is 728. The SMILES string of the molecule is CC(C)c1ccsc1C(=O)NCCCN1CCN(C)CC1c1ccccc1. The zero-order valence-corrected chi connectivity index (χ0v) is 17.5. The minimum absolute atomic E-state index is 0.0756. The lowest BCUT2D eigenvalue weighted by molar-refractivity contribution is 0.0866. The molecule has 0 aliphatic carbocycles. The van der Waals surface area contributed by atoms with Crippen molar-refractivity contribution >= 4 is 17.2 Å². The highest BCUT2D eigenvalue weighted by molar-refractivity contribution is 7.12. The number of amides is 1. The summed E-state index contributed by atoms with van der Waals surface area (Å²) in [7, 11) is 2.20. The van der Waals surface area contributed by atoms with E-state index in [1.165, 1.54) is 5.56 Å². The molecular weight excluding hydrogens is 354 g/mol. The summed E-state index contributed by atoms with van der Waals surface area (Å²) in [5.74, 6) is 0.459. The highest BCUT2D eigenvalue weighted by atomic mass is 32.1. The molecule has 146 valence electrons. The number of carbonyl (C=O) groups is 1. The molecule has 1 aromatic heterocycles. The topological polar surface area (TPSA) is 35.6 Å². The van der Waals surface area contributed by atoms with Crippen molar-refractivity contribution in [2.45, 2.75) is 32.2 Å². The summed E-state index contributed by atoms with van der Waals surface area (Å²) in [6.45, 7) is 9.24. The van der Waals surface area contributed by atoms with Crippen molar-refractivity contribution in [3.63, 3.8) is 0 Å². The van der Waals surface area contributed by atoms with Gasteiger partial charge in [0.05, 0.1) is 4.88 Å². The summed E-state index contributed by atoms with van der Waals surface area (Å²) >= 11 is 1.54. The number of carbonyl (C=O) groups excluding carboxylic acids is 1. The monoisotopic (exact) mass is 385 g/mol. The number of benzene rings is 1. The first-order valence-corrected chi connectivity index (χ1v) is 10.8. The average molecular weight is 386 g/mol. The standard InChI is InChI=1S/C22H31N3OS/c1-17(2)19-10-15-27-21(19)22(26)23-11-7-12-25-14-13-24(3)16-20(25)18-8-5-4-6-9-18/h4-6,8-10,15,17,20H,7,11-14,16H2,1-3H3,(H,23,26). The molecule has 2 aromatic rings. The Morgan fingerprint density at radius 1 is 1.22 bits per heavy atom. The van der Waals surface area contributed by atoms with Gasteiger partial charge >= 0.3 is 0 Å². The lowest BCUT2D eigenvalue weighted by atomic mass is 10.0. The molecule has 1 N–H and O–H groups in total. The second-order valence-corrected chi connectivity index (χ2v) is 8.61. The van der Waals surface area contributed by atoms with Crippen molar-refractivity contribution in [1.82, 2.24) is 15.1 Å². The maximum Gasteiger partial charge on any atom is 0.261 e. The third kappa shape index (κ3) is 5.18. The third-order valence-corrected chi connectivity index (χ3v) is 6.24. The maximum absolute atomic E-state index is 12.5. The van der Waals surface area contributed by atoms with Gasteiger partial charge in [-0.25, -0.2) is 0 Å². The zero-order chi connectivity index (χ0) is 19.2. The molecule has 1 atom stereocenters. The number of likely N-dealkylation sites (N-methyl/N-ethyl adjacent to an activating group) is 1. The quantitative estimate of drug-likeness (QED) is 0.732. The second-order valence-electron chi connectivity index (χ2n) is 7.69. The molecule has 2 heterocycles. The predicted molar refractivity (Wildman–Crippen MR) is 114 cm³/mol. The van der Waals surface area contributed by atoms with Crippen LogP contribution in [0, 0.1) is 0 Å². The van der Waals surface area contributed by atoms with Crippen molar-refractivity contribution in [2.75, 3.05) is 39.8 Å². The van der Waals surface area contributed by atoms with E-state index in [1.54, 1.807) is 11.3 Å². The normalized spacial score (nSPS) is 18.7. The van der Waals surface area contributed by atoms with E-state index in [9.17, 15) is 4.79 Å². The molecule has 0 radical (unpaired) electrons. The summed E-state index contributed by atoms with van der Waals surface area (Å²) in [6, 6.07) is 13.3. The molecular formula is C22H31N3OS. The Labute approximate surface area is 167 Å². The predicted octanol–water partition coefficient (Wildman–Crippen LogP) is 3.98. The van der Waals surface area contributed by atoms with Crippen molar-refractivity contribution in [2.24, 2.45) is 0 Å². The van der Waals surface area contributed by atoms with Crippen molar-refractivity contribution in [3.05, 3.63) is 57.8 Å². The van der Waals surface area contributed by atoms with E-state index in [2.05, 4.69) is 72.4 Å². The van der Waals surface area contributed by atoms with E-state index in [-0.39, 0.29) is 5.91 Å². The Morgan fingerprint density at radius 2 is 2.00 bits per heavy atom. The Balaban J connectivity index is 1.51. The molecule has 1 aliphatic rings. The summed E-state index contributed by atoms with van der Waals surface area (Å²) in [6.07, 6.45) is 0.973. The van der Waals surface area contributed by atoms with E-state index in [0.29, 0.717) is 12.0 Å². The van der Waals surface area contributed by atoms with Gasteiger partial charge in [-0.3, -0.25) is 9.69 Å². The minimum Gasteiger partial charge on any atom is -0.351 e. The third-order valence-electron chi connectivity index (χ3n) is 5.31. The van der Waals surface area contributed by atoms with Crippen LogP contribution in [0.25, 0.3) is 0 Å². The van der Waals surface area contributed by atoms with Gasteiger partial charge in [0, 0.05) is 38.8 Å². The summed E-state index contributed by atoms with van der Waals surface area (Å²) in [5.41, 5.74) is 2.54. The fourth-order valence-electron chi connectivity index (χ4n) is 3.74. The van der Waals surface area contributed by atoms with Gasteiger partial charge in [-0.1, -0.05) is 44.2 Å². The molecule has 27 heavy (non-hydrogen) atoms. The van der Waals surface area contributed by atoms with Gasteiger partial charge in [0.25, 0.3) is 5.91 Å². The Morgan fingerprint density at radius 3 is 2.74 bits per heavy atom. The Hall–Kier alpha value is -1.69. The lowest BCUT2D eigenvalue weighted by Gasteiger charge is -2.40. The van der Waals surface area contributed by atoms with Crippen LogP contribution in [-0.2, 0) is 0 Å². The van der Waals surface area contributed by atoms with E-state index >= 15 is 0 Å². The van der Waals surface area contributed by atoms with E-state index < -0.39 is 0 Å². The number of rotatable bonds is 7. The minimum atomic E-state index is 0.0756. The molecule has 1 amide bonds. The van der Waals surface area contributed by atoms with Crippen LogP contribution in [-0.4, -0.2) is 55.5 Å². The molecule has 1 aromatic carbocycles. The van der Waals surface area contributed by atoms with Gasteiger partial charge in [0.2, 0.25) is 0 Å². The van der Waals surface area contributed by atoms with Gasteiger partial charge in [-0.2, -0.15) is 0 Å². The fraction of sp³-hybridized carbons (Fsp3) is 0.500. The fourth-order valence-corrected chi connectivity index (χ4v) is 4.71. The smallest absolute Gasteiger partial charge is 0.261 e.